The topological polar surface area (TPSA) is 49.3 Å². The van der Waals surface area contributed by atoms with E-state index >= 15 is 0 Å². The normalized spacial score (nSPS) is 28.4. The molecule has 1 heterocycles. The third kappa shape index (κ3) is 1.74. The molecule has 0 spiro atoms. The third-order valence-corrected chi connectivity index (χ3v) is 4.52. The fraction of sp³-hybridized carbons (Fsp3) is 0.357. The Hall–Kier alpha value is -1.04. The average Bonchev–Trinajstić information content (AvgIpc) is 2.76. The molecule has 3 atom stereocenters. The molecule has 2 N–H and O–H groups in total. The zero-order valence-electron chi connectivity index (χ0n) is 9.98. The van der Waals surface area contributed by atoms with E-state index in [9.17, 15) is 9.90 Å². The number of fused-ring (bicyclic) bond motifs is 3. The minimum atomic E-state index is -0.752. The Bertz CT molecular complexity index is 553. The summed E-state index contributed by atoms with van der Waals surface area (Å²) in [5, 5.41) is 12.6. The highest BCUT2D eigenvalue weighted by Gasteiger charge is 2.41. The van der Waals surface area contributed by atoms with Crippen LogP contribution < -0.4 is 5.32 Å². The summed E-state index contributed by atoms with van der Waals surface area (Å²) < 4.78 is 1.21. The quantitative estimate of drug-likeness (QED) is 0.601. The number of hydrogen-bond donors (Lipinski definition) is 2. The van der Waals surface area contributed by atoms with Crippen LogP contribution in [0.2, 0.25) is 0 Å². The van der Waals surface area contributed by atoms with Crippen molar-refractivity contribution < 1.29 is 9.90 Å². The number of aliphatic carboxylic acids is 1. The third-order valence-electron chi connectivity index (χ3n) is 3.90. The van der Waals surface area contributed by atoms with Crippen LogP contribution in [0.15, 0.2) is 24.3 Å². The van der Waals surface area contributed by atoms with Gasteiger partial charge in [-0.25, -0.2) is 4.79 Å². The van der Waals surface area contributed by atoms with Gasteiger partial charge in [0, 0.05) is 21.1 Å². The molecule has 0 saturated heterocycles. The molecule has 3 rings (SSSR count). The van der Waals surface area contributed by atoms with Gasteiger partial charge in [-0.3, -0.25) is 0 Å². The van der Waals surface area contributed by atoms with Crippen molar-refractivity contribution in [3.8, 4) is 0 Å². The fourth-order valence-corrected chi connectivity index (χ4v) is 3.89. The van der Waals surface area contributed by atoms with Gasteiger partial charge in [0.05, 0.1) is 0 Å². The maximum Gasteiger partial charge on any atom is 0.326 e. The Labute approximate surface area is 119 Å². The first-order valence-electron chi connectivity index (χ1n) is 6.04. The van der Waals surface area contributed by atoms with E-state index in [2.05, 4.69) is 52.2 Å². The predicted molar refractivity (Wildman–Crippen MR) is 78.9 cm³/mol. The number of benzene rings is 1. The molecular formula is C14H14INO2. The van der Waals surface area contributed by atoms with Crippen LogP contribution in [-0.4, -0.2) is 17.1 Å². The lowest BCUT2D eigenvalue weighted by Crippen LogP contribution is -2.42. The number of carbonyl (C=O) groups is 1. The lowest BCUT2D eigenvalue weighted by Gasteiger charge is -2.35. The molecule has 1 aromatic rings. The molecule has 0 fully saturated rings. The van der Waals surface area contributed by atoms with E-state index in [-0.39, 0.29) is 11.8 Å². The first-order valence-corrected chi connectivity index (χ1v) is 7.12. The second-order valence-electron chi connectivity index (χ2n) is 5.00. The van der Waals surface area contributed by atoms with Crippen molar-refractivity contribution in [1.29, 1.82) is 0 Å². The fourth-order valence-electron chi connectivity index (χ4n) is 3.09. The number of nitrogens with one attached hydrogen (secondary N) is 1. The second kappa shape index (κ2) is 4.26. The van der Waals surface area contributed by atoms with Gasteiger partial charge < -0.3 is 10.4 Å². The van der Waals surface area contributed by atoms with Gasteiger partial charge in [-0.05, 0) is 59.2 Å². The summed E-state index contributed by atoms with van der Waals surface area (Å²) in [6.45, 7) is 2.03. The van der Waals surface area contributed by atoms with Crippen molar-refractivity contribution in [1.82, 2.24) is 0 Å². The summed E-state index contributed by atoms with van der Waals surface area (Å²) >= 11 is 2.32. The van der Waals surface area contributed by atoms with Crippen LogP contribution in [-0.2, 0) is 4.79 Å². The van der Waals surface area contributed by atoms with E-state index in [0.717, 1.165) is 17.7 Å². The monoisotopic (exact) mass is 355 g/mol. The van der Waals surface area contributed by atoms with Crippen molar-refractivity contribution in [2.75, 3.05) is 5.32 Å². The van der Waals surface area contributed by atoms with Gasteiger partial charge in [0.2, 0.25) is 0 Å². The zero-order valence-corrected chi connectivity index (χ0v) is 12.1. The number of carboxylic acid groups (broad SMARTS) is 1. The molecule has 4 heteroatoms. The molecule has 0 radical (unpaired) electrons. The molecule has 0 saturated carbocycles. The predicted octanol–water partition coefficient (Wildman–Crippen LogP) is 3.14. The van der Waals surface area contributed by atoms with Crippen molar-refractivity contribution in [3.05, 3.63) is 39.0 Å². The van der Waals surface area contributed by atoms with Crippen LogP contribution in [0.4, 0.5) is 5.69 Å². The molecule has 0 bridgehead atoms. The maximum atomic E-state index is 11.4. The number of hydrogen-bond acceptors (Lipinski definition) is 2. The van der Waals surface area contributed by atoms with Gasteiger partial charge in [-0.15, -0.1) is 0 Å². The summed E-state index contributed by atoms with van der Waals surface area (Å²) in [4.78, 5) is 11.4. The Morgan fingerprint density at radius 2 is 2.28 bits per heavy atom. The van der Waals surface area contributed by atoms with Crippen molar-refractivity contribution in [2.24, 2.45) is 5.92 Å². The molecule has 1 aliphatic carbocycles. The van der Waals surface area contributed by atoms with Gasteiger partial charge in [-0.1, -0.05) is 12.2 Å². The van der Waals surface area contributed by atoms with Crippen LogP contribution in [0.5, 0.6) is 0 Å². The van der Waals surface area contributed by atoms with Crippen molar-refractivity contribution in [2.45, 2.75) is 25.3 Å². The molecule has 0 amide bonds. The minimum Gasteiger partial charge on any atom is -0.480 e. The van der Waals surface area contributed by atoms with E-state index in [1.54, 1.807) is 0 Å². The summed E-state index contributed by atoms with van der Waals surface area (Å²) in [5.41, 5.74) is 3.38. The van der Waals surface area contributed by atoms with Crippen molar-refractivity contribution >= 4 is 34.2 Å². The van der Waals surface area contributed by atoms with Crippen LogP contribution in [0.25, 0.3) is 0 Å². The van der Waals surface area contributed by atoms with E-state index in [1.165, 1.54) is 9.13 Å². The van der Waals surface area contributed by atoms with E-state index in [4.69, 9.17) is 0 Å². The van der Waals surface area contributed by atoms with E-state index in [1.807, 2.05) is 6.92 Å². The highest BCUT2D eigenvalue weighted by molar-refractivity contribution is 14.1. The Kier molecular flexibility index (Phi) is 2.84. The first-order chi connectivity index (χ1) is 8.58. The Balaban J connectivity index is 2.14. The molecule has 2 aliphatic rings. The van der Waals surface area contributed by atoms with Gasteiger partial charge in [-0.2, -0.15) is 0 Å². The lowest BCUT2D eigenvalue weighted by molar-refractivity contribution is -0.139. The van der Waals surface area contributed by atoms with Crippen LogP contribution in [0, 0.1) is 16.4 Å². The summed E-state index contributed by atoms with van der Waals surface area (Å²) in [7, 11) is 0. The highest BCUT2D eigenvalue weighted by Crippen LogP contribution is 2.46. The second-order valence-corrected chi connectivity index (χ2v) is 6.25. The number of carboxylic acids is 1. The minimum absolute atomic E-state index is 0.146. The molecule has 1 aromatic carbocycles. The first kappa shape index (κ1) is 12.0. The smallest absolute Gasteiger partial charge is 0.326 e. The SMILES string of the molecule is Cc1cc(I)cc2c1N[C@H](C(=O)O)[C@H]1CC=C[C@H]21. The summed E-state index contributed by atoms with van der Waals surface area (Å²) in [6, 6.07) is 3.78. The number of halogens is 1. The van der Waals surface area contributed by atoms with Crippen molar-refractivity contribution in [3.63, 3.8) is 0 Å². The molecule has 18 heavy (non-hydrogen) atoms. The van der Waals surface area contributed by atoms with E-state index < -0.39 is 12.0 Å². The summed E-state index contributed by atoms with van der Waals surface area (Å²) in [5.74, 6) is -0.360. The van der Waals surface area contributed by atoms with Crippen LogP contribution in [0.3, 0.4) is 0 Å². The lowest BCUT2D eigenvalue weighted by atomic mass is 9.78. The average molecular weight is 355 g/mol. The molecule has 94 valence electrons. The molecule has 0 unspecified atom stereocenters. The number of anilines is 1. The number of allylic oxidation sites excluding steroid dienone is 2. The number of aryl methyl sites for hydroxylation is 1. The zero-order chi connectivity index (χ0) is 12.9. The Morgan fingerprint density at radius 3 is 3.00 bits per heavy atom. The molecular weight excluding hydrogens is 341 g/mol. The van der Waals surface area contributed by atoms with Gasteiger partial charge in [0.25, 0.3) is 0 Å². The Morgan fingerprint density at radius 1 is 1.50 bits per heavy atom. The maximum absolute atomic E-state index is 11.4. The number of rotatable bonds is 1. The van der Waals surface area contributed by atoms with Gasteiger partial charge >= 0.3 is 5.97 Å². The highest BCUT2D eigenvalue weighted by atomic mass is 127. The largest absolute Gasteiger partial charge is 0.480 e. The van der Waals surface area contributed by atoms with E-state index in [0.29, 0.717) is 0 Å². The van der Waals surface area contributed by atoms with Crippen LogP contribution >= 0.6 is 22.6 Å². The molecule has 3 nitrogen and oxygen atoms in total. The molecule has 1 aliphatic heterocycles. The van der Waals surface area contributed by atoms with Crippen LogP contribution in [0.1, 0.15) is 23.5 Å². The van der Waals surface area contributed by atoms with Gasteiger partial charge in [0.1, 0.15) is 6.04 Å². The van der Waals surface area contributed by atoms with Gasteiger partial charge in [0.15, 0.2) is 0 Å². The molecule has 0 aromatic heterocycles. The summed E-state index contributed by atoms with van der Waals surface area (Å²) in [6.07, 6.45) is 5.12. The standard InChI is InChI=1S/C14H14INO2/c1-7-5-8(15)6-11-9-3-2-4-10(9)13(14(17)18)16-12(7)11/h2-3,5-6,9-10,13,16H,4H2,1H3,(H,17,18)/t9-,10-,13-/m0/s1.